The Bertz CT molecular complexity index is 1100. The van der Waals surface area contributed by atoms with Gasteiger partial charge in [0.15, 0.2) is 0 Å². The predicted octanol–water partition coefficient (Wildman–Crippen LogP) is 2.63. The lowest BCUT2D eigenvalue weighted by Gasteiger charge is -2.33. The maximum atomic E-state index is 13.6. The highest BCUT2D eigenvalue weighted by molar-refractivity contribution is 7.92. The molecule has 0 spiro atoms. The minimum absolute atomic E-state index is 0.176. The Morgan fingerprint density at radius 1 is 1.09 bits per heavy atom. The molecule has 2 rings (SSSR count). The lowest BCUT2D eigenvalue weighted by Crippen LogP contribution is -2.51. The third-order valence-electron chi connectivity index (χ3n) is 5.35. The number of hydrogen-bond acceptors (Lipinski definition) is 5. The van der Waals surface area contributed by atoms with E-state index in [0.717, 1.165) is 27.3 Å². The van der Waals surface area contributed by atoms with Crippen molar-refractivity contribution in [2.24, 2.45) is 0 Å². The number of benzene rings is 2. The average Bonchev–Trinajstić information content (AvgIpc) is 2.76. The molecule has 1 N–H and O–H groups in total. The van der Waals surface area contributed by atoms with E-state index in [4.69, 9.17) is 4.74 Å². The first-order valence-electron chi connectivity index (χ1n) is 10.7. The lowest BCUT2D eigenvalue weighted by atomic mass is 10.1. The van der Waals surface area contributed by atoms with Gasteiger partial charge in [0, 0.05) is 13.6 Å². The SMILES string of the molecule is CC[C@H](C(=O)NC)N(Cc1cccc(C)c1)C(=O)CN(c1cc(C)ccc1OC)S(C)(=O)=O. The molecule has 0 aliphatic carbocycles. The first-order chi connectivity index (χ1) is 15.5. The molecule has 0 aliphatic rings. The monoisotopic (exact) mass is 475 g/mol. The molecular formula is C24H33N3O5S. The number of anilines is 1. The Morgan fingerprint density at radius 2 is 1.76 bits per heavy atom. The number of nitrogens with zero attached hydrogens (tertiary/aromatic N) is 2. The van der Waals surface area contributed by atoms with Gasteiger partial charge in [-0.2, -0.15) is 0 Å². The number of rotatable bonds is 10. The average molecular weight is 476 g/mol. The van der Waals surface area contributed by atoms with Crippen LogP contribution in [0.4, 0.5) is 5.69 Å². The molecule has 1 atom stereocenters. The topological polar surface area (TPSA) is 96.0 Å². The molecule has 9 heteroatoms. The zero-order valence-corrected chi connectivity index (χ0v) is 20.9. The summed E-state index contributed by atoms with van der Waals surface area (Å²) in [7, 11) is -0.870. The van der Waals surface area contributed by atoms with Crippen LogP contribution < -0.4 is 14.4 Å². The summed E-state index contributed by atoms with van der Waals surface area (Å²) in [5.74, 6) is -0.458. The Balaban J connectivity index is 2.50. The summed E-state index contributed by atoms with van der Waals surface area (Å²) in [5, 5.41) is 2.60. The number of methoxy groups -OCH3 is 1. The minimum Gasteiger partial charge on any atom is -0.495 e. The molecule has 2 aromatic rings. The van der Waals surface area contributed by atoms with Crippen molar-refractivity contribution in [2.45, 2.75) is 39.8 Å². The minimum atomic E-state index is -3.83. The highest BCUT2D eigenvalue weighted by Gasteiger charge is 2.32. The first kappa shape index (κ1) is 26.2. The van der Waals surface area contributed by atoms with E-state index in [1.165, 1.54) is 19.1 Å². The van der Waals surface area contributed by atoms with E-state index in [0.29, 0.717) is 12.2 Å². The van der Waals surface area contributed by atoms with Gasteiger partial charge in [-0.05, 0) is 43.5 Å². The van der Waals surface area contributed by atoms with E-state index in [2.05, 4.69) is 5.32 Å². The van der Waals surface area contributed by atoms with Crippen molar-refractivity contribution in [3.05, 3.63) is 59.2 Å². The molecule has 0 unspecified atom stereocenters. The van der Waals surface area contributed by atoms with Crippen molar-refractivity contribution in [2.75, 3.05) is 31.3 Å². The number of carbonyl (C=O) groups is 2. The number of likely N-dealkylation sites (N-methyl/N-ethyl adjacent to an activating group) is 1. The standard InChI is InChI=1S/C24H33N3O5S/c1-7-20(24(29)25-4)26(15-19-10-8-9-17(2)13-19)23(28)16-27(33(6,30)31)21-14-18(3)11-12-22(21)32-5/h8-14,20H,7,15-16H2,1-6H3,(H,25,29)/t20-/m1/s1. The van der Waals surface area contributed by atoms with E-state index in [1.807, 2.05) is 45.0 Å². The van der Waals surface area contributed by atoms with Gasteiger partial charge in [-0.15, -0.1) is 0 Å². The summed E-state index contributed by atoms with van der Waals surface area (Å²) in [6.45, 7) is 5.30. The van der Waals surface area contributed by atoms with Gasteiger partial charge in [0.1, 0.15) is 18.3 Å². The quantitative estimate of drug-likeness (QED) is 0.570. The second-order valence-electron chi connectivity index (χ2n) is 7.99. The van der Waals surface area contributed by atoms with Crippen LogP contribution in [0.1, 0.15) is 30.0 Å². The third kappa shape index (κ3) is 6.71. The zero-order valence-electron chi connectivity index (χ0n) is 20.1. The predicted molar refractivity (Wildman–Crippen MR) is 130 cm³/mol. The summed E-state index contributed by atoms with van der Waals surface area (Å²) in [6, 6.07) is 12.0. The summed E-state index contributed by atoms with van der Waals surface area (Å²) < 4.78 is 31.8. The summed E-state index contributed by atoms with van der Waals surface area (Å²) in [6.07, 6.45) is 1.42. The number of ether oxygens (including phenoxy) is 1. The fraction of sp³-hybridized carbons (Fsp3) is 0.417. The molecule has 0 aliphatic heterocycles. The van der Waals surface area contributed by atoms with Crippen LogP contribution in [0.2, 0.25) is 0 Å². The fourth-order valence-corrected chi connectivity index (χ4v) is 4.53. The number of hydrogen-bond donors (Lipinski definition) is 1. The van der Waals surface area contributed by atoms with Crippen LogP contribution >= 0.6 is 0 Å². The van der Waals surface area contributed by atoms with Crippen molar-refractivity contribution in [3.8, 4) is 5.75 Å². The van der Waals surface area contributed by atoms with Gasteiger partial charge in [0.25, 0.3) is 0 Å². The van der Waals surface area contributed by atoms with E-state index in [9.17, 15) is 18.0 Å². The molecule has 0 bridgehead atoms. The number of carbonyl (C=O) groups excluding carboxylic acids is 2. The van der Waals surface area contributed by atoms with Crippen LogP contribution in [0.3, 0.4) is 0 Å². The van der Waals surface area contributed by atoms with Crippen LogP contribution in [0.5, 0.6) is 5.75 Å². The van der Waals surface area contributed by atoms with Crippen molar-refractivity contribution in [1.29, 1.82) is 0 Å². The number of amides is 2. The Hall–Kier alpha value is -3.07. The third-order valence-corrected chi connectivity index (χ3v) is 6.48. The molecule has 0 saturated heterocycles. The van der Waals surface area contributed by atoms with Gasteiger partial charge in [-0.1, -0.05) is 42.8 Å². The zero-order chi connectivity index (χ0) is 24.8. The second kappa shape index (κ2) is 11.2. The smallest absolute Gasteiger partial charge is 0.244 e. The van der Waals surface area contributed by atoms with Gasteiger partial charge in [-0.3, -0.25) is 13.9 Å². The highest BCUT2D eigenvalue weighted by atomic mass is 32.2. The Morgan fingerprint density at radius 3 is 2.30 bits per heavy atom. The molecule has 0 saturated carbocycles. The molecule has 180 valence electrons. The van der Waals surface area contributed by atoms with Crippen molar-refractivity contribution < 1.29 is 22.7 Å². The largest absolute Gasteiger partial charge is 0.495 e. The molecule has 0 heterocycles. The van der Waals surface area contributed by atoms with Gasteiger partial charge >= 0.3 is 0 Å². The van der Waals surface area contributed by atoms with E-state index in [1.54, 1.807) is 18.2 Å². The molecule has 0 radical (unpaired) electrons. The fourth-order valence-electron chi connectivity index (χ4n) is 3.68. The van der Waals surface area contributed by atoms with E-state index >= 15 is 0 Å². The summed E-state index contributed by atoms with van der Waals surface area (Å²) >= 11 is 0. The molecule has 33 heavy (non-hydrogen) atoms. The van der Waals surface area contributed by atoms with Crippen LogP contribution in [-0.2, 0) is 26.2 Å². The summed E-state index contributed by atoms with van der Waals surface area (Å²) in [5.41, 5.74) is 2.97. The molecule has 8 nitrogen and oxygen atoms in total. The first-order valence-corrected chi connectivity index (χ1v) is 12.6. The van der Waals surface area contributed by atoms with Crippen molar-refractivity contribution in [3.63, 3.8) is 0 Å². The van der Waals surface area contributed by atoms with Gasteiger partial charge < -0.3 is 15.0 Å². The normalized spacial score (nSPS) is 12.1. The summed E-state index contributed by atoms with van der Waals surface area (Å²) in [4.78, 5) is 27.6. The Kier molecular flexibility index (Phi) is 8.87. The molecule has 2 aromatic carbocycles. The second-order valence-corrected chi connectivity index (χ2v) is 9.90. The van der Waals surface area contributed by atoms with Crippen LogP contribution in [0.15, 0.2) is 42.5 Å². The number of aryl methyl sites for hydroxylation is 2. The highest BCUT2D eigenvalue weighted by Crippen LogP contribution is 2.31. The van der Waals surface area contributed by atoms with Gasteiger partial charge in [0.05, 0.1) is 19.1 Å². The molecule has 0 aromatic heterocycles. The van der Waals surface area contributed by atoms with Crippen molar-refractivity contribution >= 4 is 27.5 Å². The molecule has 0 fully saturated rings. The maximum Gasteiger partial charge on any atom is 0.244 e. The van der Waals surface area contributed by atoms with Gasteiger partial charge in [-0.25, -0.2) is 8.42 Å². The molecule has 2 amide bonds. The number of nitrogens with one attached hydrogen (secondary N) is 1. The Labute approximate surface area is 196 Å². The number of sulfonamides is 1. The van der Waals surface area contributed by atoms with Crippen molar-refractivity contribution in [1.82, 2.24) is 10.2 Å². The van der Waals surface area contributed by atoms with Crippen LogP contribution in [-0.4, -0.2) is 58.1 Å². The van der Waals surface area contributed by atoms with E-state index in [-0.39, 0.29) is 18.1 Å². The van der Waals surface area contributed by atoms with Crippen LogP contribution in [0.25, 0.3) is 0 Å². The lowest BCUT2D eigenvalue weighted by molar-refractivity contribution is -0.140. The van der Waals surface area contributed by atoms with Gasteiger partial charge in [0.2, 0.25) is 21.8 Å². The maximum absolute atomic E-state index is 13.6. The molecular weight excluding hydrogens is 442 g/mol. The van der Waals surface area contributed by atoms with Crippen LogP contribution in [0, 0.1) is 13.8 Å². The van der Waals surface area contributed by atoms with E-state index < -0.39 is 28.5 Å².